The molecule has 0 spiro atoms. The van der Waals surface area contributed by atoms with Crippen LogP contribution in [0.5, 0.6) is 0 Å². The van der Waals surface area contributed by atoms with Crippen LogP contribution in [0.1, 0.15) is 31.0 Å². The minimum absolute atomic E-state index is 0.0981. The number of hydrogen-bond donors (Lipinski definition) is 2. The first-order valence-electron chi connectivity index (χ1n) is 6.22. The van der Waals surface area contributed by atoms with Crippen molar-refractivity contribution in [1.29, 1.82) is 0 Å². The molecule has 0 radical (unpaired) electrons. The van der Waals surface area contributed by atoms with Crippen LogP contribution < -0.4 is 10.0 Å². The van der Waals surface area contributed by atoms with Gasteiger partial charge in [-0.3, -0.25) is 0 Å². The van der Waals surface area contributed by atoms with E-state index >= 15 is 0 Å². The summed E-state index contributed by atoms with van der Waals surface area (Å²) in [5.41, 5.74) is 2.48. The molecule has 102 valence electrons. The zero-order chi connectivity index (χ0) is 13.6. The van der Waals surface area contributed by atoms with Gasteiger partial charge < -0.3 is 5.32 Å². The van der Waals surface area contributed by atoms with Gasteiger partial charge >= 0.3 is 0 Å². The smallest absolute Gasteiger partial charge is 0.212 e. The highest BCUT2D eigenvalue weighted by Crippen LogP contribution is 2.13. The molecule has 1 aromatic rings. The molecule has 0 aliphatic carbocycles. The van der Waals surface area contributed by atoms with E-state index < -0.39 is 10.0 Å². The van der Waals surface area contributed by atoms with Crippen molar-refractivity contribution in [1.82, 2.24) is 10.0 Å². The average molecular weight is 270 g/mol. The van der Waals surface area contributed by atoms with E-state index in [-0.39, 0.29) is 11.8 Å². The SMILES string of the molecule is CCc1ccc(C(C)NCCS(=O)(=O)NC)cc1. The quantitative estimate of drug-likeness (QED) is 0.788. The molecule has 4 nitrogen and oxygen atoms in total. The summed E-state index contributed by atoms with van der Waals surface area (Å²) in [6.07, 6.45) is 1.03. The third-order valence-electron chi connectivity index (χ3n) is 3.02. The van der Waals surface area contributed by atoms with Crippen molar-refractivity contribution in [2.75, 3.05) is 19.3 Å². The molecule has 0 heterocycles. The Morgan fingerprint density at radius 1 is 1.22 bits per heavy atom. The molecule has 0 amide bonds. The second kappa shape index (κ2) is 6.87. The lowest BCUT2D eigenvalue weighted by molar-refractivity contribution is 0.567. The molecule has 5 heteroatoms. The molecule has 1 aromatic carbocycles. The number of aryl methyl sites for hydroxylation is 1. The van der Waals surface area contributed by atoms with Crippen molar-refractivity contribution >= 4 is 10.0 Å². The minimum atomic E-state index is -3.12. The summed E-state index contributed by atoms with van der Waals surface area (Å²) in [6, 6.07) is 8.55. The van der Waals surface area contributed by atoms with Crippen LogP contribution in [0.15, 0.2) is 24.3 Å². The maximum atomic E-state index is 11.2. The average Bonchev–Trinajstić information content (AvgIpc) is 2.38. The van der Waals surface area contributed by atoms with Crippen molar-refractivity contribution in [2.45, 2.75) is 26.3 Å². The first-order chi connectivity index (χ1) is 8.48. The Balaban J connectivity index is 2.47. The molecule has 0 fully saturated rings. The predicted molar refractivity (Wildman–Crippen MR) is 75.1 cm³/mol. The van der Waals surface area contributed by atoms with Gasteiger partial charge in [0.05, 0.1) is 5.75 Å². The third-order valence-corrected chi connectivity index (χ3v) is 4.38. The molecule has 2 N–H and O–H groups in total. The van der Waals surface area contributed by atoms with Gasteiger partial charge in [-0.1, -0.05) is 31.2 Å². The van der Waals surface area contributed by atoms with Crippen molar-refractivity contribution in [3.8, 4) is 0 Å². The number of hydrogen-bond acceptors (Lipinski definition) is 3. The lowest BCUT2D eigenvalue weighted by Gasteiger charge is -2.14. The molecule has 0 saturated carbocycles. The standard InChI is InChI=1S/C13H22N2O2S/c1-4-12-5-7-13(8-6-12)11(2)15-9-10-18(16,17)14-3/h5-8,11,14-15H,4,9-10H2,1-3H3. The van der Waals surface area contributed by atoms with E-state index in [1.807, 2.05) is 6.92 Å². The molecule has 0 saturated heterocycles. The van der Waals surface area contributed by atoms with E-state index in [1.165, 1.54) is 18.2 Å². The van der Waals surface area contributed by atoms with Crippen molar-refractivity contribution in [2.24, 2.45) is 0 Å². The van der Waals surface area contributed by atoms with Gasteiger partial charge in [0.2, 0.25) is 10.0 Å². The third kappa shape index (κ3) is 4.76. The predicted octanol–water partition coefficient (Wildman–Crippen LogP) is 1.45. The van der Waals surface area contributed by atoms with Crippen molar-refractivity contribution in [3.63, 3.8) is 0 Å². The summed E-state index contributed by atoms with van der Waals surface area (Å²) in [5, 5.41) is 3.21. The Morgan fingerprint density at radius 2 is 1.83 bits per heavy atom. The molecular weight excluding hydrogens is 248 g/mol. The van der Waals surface area contributed by atoms with E-state index in [0.717, 1.165) is 6.42 Å². The Hall–Kier alpha value is -0.910. The van der Waals surface area contributed by atoms with Crippen LogP contribution in [0.25, 0.3) is 0 Å². The van der Waals surface area contributed by atoms with E-state index in [2.05, 4.69) is 41.2 Å². The Kier molecular flexibility index (Phi) is 5.78. The number of rotatable bonds is 7. The summed E-state index contributed by atoms with van der Waals surface area (Å²) in [4.78, 5) is 0. The summed E-state index contributed by atoms with van der Waals surface area (Å²) >= 11 is 0. The van der Waals surface area contributed by atoms with Crippen molar-refractivity contribution < 1.29 is 8.42 Å². The topological polar surface area (TPSA) is 58.2 Å². The number of sulfonamides is 1. The molecule has 0 aliphatic heterocycles. The highest BCUT2D eigenvalue weighted by atomic mass is 32.2. The summed E-state index contributed by atoms with van der Waals surface area (Å²) < 4.78 is 24.8. The fourth-order valence-electron chi connectivity index (χ4n) is 1.67. The van der Waals surface area contributed by atoms with Crippen LogP contribution in [-0.4, -0.2) is 27.8 Å². The highest BCUT2D eigenvalue weighted by Gasteiger charge is 2.09. The second-order valence-corrected chi connectivity index (χ2v) is 6.34. The van der Waals surface area contributed by atoms with Gasteiger partial charge in [0.1, 0.15) is 0 Å². The summed E-state index contributed by atoms with van der Waals surface area (Å²) in [6.45, 7) is 4.60. The van der Waals surface area contributed by atoms with Gasteiger partial charge in [-0.15, -0.1) is 0 Å². The van der Waals surface area contributed by atoms with Crippen LogP contribution in [-0.2, 0) is 16.4 Å². The largest absolute Gasteiger partial charge is 0.309 e. The lowest BCUT2D eigenvalue weighted by atomic mass is 10.1. The highest BCUT2D eigenvalue weighted by molar-refractivity contribution is 7.89. The molecular formula is C13H22N2O2S. The molecule has 1 atom stereocenters. The fraction of sp³-hybridized carbons (Fsp3) is 0.538. The Morgan fingerprint density at radius 3 is 2.33 bits per heavy atom. The van der Waals surface area contributed by atoms with Gasteiger partial charge in [0.25, 0.3) is 0 Å². The van der Waals surface area contributed by atoms with E-state index in [0.29, 0.717) is 6.54 Å². The van der Waals surface area contributed by atoms with E-state index in [9.17, 15) is 8.42 Å². The first kappa shape index (κ1) is 15.1. The fourth-order valence-corrected chi connectivity index (χ4v) is 2.26. The lowest BCUT2D eigenvalue weighted by Crippen LogP contribution is -2.30. The number of benzene rings is 1. The maximum absolute atomic E-state index is 11.2. The van der Waals surface area contributed by atoms with Crippen LogP contribution in [0, 0.1) is 0 Å². The van der Waals surface area contributed by atoms with Gasteiger partial charge in [0, 0.05) is 12.6 Å². The molecule has 0 bridgehead atoms. The Labute approximate surface area is 110 Å². The van der Waals surface area contributed by atoms with Crippen LogP contribution in [0.3, 0.4) is 0 Å². The zero-order valence-corrected chi connectivity index (χ0v) is 12.0. The number of nitrogens with one attached hydrogen (secondary N) is 2. The summed E-state index contributed by atoms with van der Waals surface area (Å²) in [5.74, 6) is 0.0981. The van der Waals surface area contributed by atoms with Crippen LogP contribution in [0.4, 0.5) is 0 Å². The molecule has 0 aliphatic rings. The molecule has 1 rings (SSSR count). The zero-order valence-electron chi connectivity index (χ0n) is 11.2. The van der Waals surface area contributed by atoms with Gasteiger partial charge in [-0.25, -0.2) is 13.1 Å². The van der Waals surface area contributed by atoms with Crippen LogP contribution >= 0.6 is 0 Å². The van der Waals surface area contributed by atoms with E-state index in [4.69, 9.17) is 0 Å². The minimum Gasteiger partial charge on any atom is -0.309 e. The van der Waals surface area contributed by atoms with Gasteiger partial charge in [0.15, 0.2) is 0 Å². The molecule has 0 aromatic heterocycles. The van der Waals surface area contributed by atoms with Crippen molar-refractivity contribution in [3.05, 3.63) is 35.4 Å². The van der Waals surface area contributed by atoms with E-state index in [1.54, 1.807) is 0 Å². The van der Waals surface area contributed by atoms with Crippen LogP contribution in [0.2, 0.25) is 0 Å². The molecule has 18 heavy (non-hydrogen) atoms. The van der Waals surface area contributed by atoms with Gasteiger partial charge in [-0.05, 0) is 31.5 Å². The molecule has 1 unspecified atom stereocenters. The second-order valence-electron chi connectivity index (χ2n) is 4.29. The first-order valence-corrected chi connectivity index (χ1v) is 7.87. The Bertz CT molecular complexity index is 454. The maximum Gasteiger partial charge on any atom is 0.212 e. The normalized spacial score (nSPS) is 13.5. The summed E-state index contributed by atoms with van der Waals surface area (Å²) in [7, 11) is -1.69. The monoisotopic (exact) mass is 270 g/mol. The van der Waals surface area contributed by atoms with Gasteiger partial charge in [-0.2, -0.15) is 0 Å².